The molecule has 0 saturated carbocycles. The monoisotopic (exact) mass is 368 g/mol. The summed E-state index contributed by atoms with van der Waals surface area (Å²) in [6, 6.07) is 6.43. The first-order chi connectivity index (χ1) is 11.4. The molecule has 8 heteroatoms. The molecule has 0 aromatic heterocycles. The number of rotatable bonds is 5. The molecule has 1 aromatic rings. The average Bonchev–Trinajstić information content (AvgIpc) is 2.71. The third kappa shape index (κ3) is 4.24. The molecule has 0 aliphatic carbocycles. The van der Waals surface area contributed by atoms with Gasteiger partial charge in [-0.3, -0.25) is 4.79 Å². The Morgan fingerprint density at radius 2 is 1.60 bits per heavy atom. The maximum Gasteiger partial charge on any atom is 0.466 e. The summed E-state index contributed by atoms with van der Waals surface area (Å²) < 4.78 is 40.2. The Morgan fingerprint density at radius 1 is 1.12 bits per heavy atom. The highest BCUT2D eigenvalue weighted by Crippen LogP contribution is 2.41. The molecule has 1 unspecified atom stereocenters. The van der Waals surface area contributed by atoms with E-state index < -0.39 is 34.0 Å². The number of sulfone groups is 1. The summed E-state index contributed by atoms with van der Waals surface area (Å²) >= 11 is 0. The molecule has 1 atom stereocenters. The Kier molecular flexibility index (Phi) is 5.38. The standard InChI is InChI=1S/C17H25BO6S/c1-16(2)17(3,4)24-18(23-16)14(11-15(19)22-5)12-7-9-13(10-8-12)25(6,20)21/h7-10,14H,11H2,1-6H3. The lowest BCUT2D eigenvalue weighted by Gasteiger charge is -2.32. The number of hydrogen-bond donors (Lipinski definition) is 0. The van der Waals surface area contributed by atoms with Crippen LogP contribution >= 0.6 is 0 Å². The number of ether oxygens (including phenoxy) is 1. The number of methoxy groups -OCH3 is 1. The van der Waals surface area contributed by atoms with Gasteiger partial charge in [0.25, 0.3) is 0 Å². The first-order valence-corrected chi connectivity index (χ1v) is 9.99. The van der Waals surface area contributed by atoms with E-state index in [1.54, 1.807) is 12.1 Å². The van der Waals surface area contributed by atoms with E-state index >= 15 is 0 Å². The smallest absolute Gasteiger partial charge is 0.466 e. The largest absolute Gasteiger partial charge is 0.469 e. The zero-order chi connectivity index (χ0) is 19.0. The van der Waals surface area contributed by atoms with Crippen LogP contribution in [0.5, 0.6) is 0 Å². The summed E-state index contributed by atoms with van der Waals surface area (Å²) in [4.78, 5) is 12.1. The van der Waals surface area contributed by atoms with Gasteiger partial charge >= 0.3 is 13.1 Å². The van der Waals surface area contributed by atoms with Crippen LogP contribution in [0.15, 0.2) is 29.2 Å². The first-order valence-electron chi connectivity index (χ1n) is 8.10. The van der Waals surface area contributed by atoms with Crippen molar-refractivity contribution in [2.45, 2.75) is 56.0 Å². The predicted molar refractivity (Wildman–Crippen MR) is 95.0 cm³/mol. The predicted octanol–water partition coefficient (Wildman–Crippen LogP) is 2.37. The van der Waals surface area contributed by atoms with E-state index in [1.807, 2.05) is 27.7 Å². The zero-order valence-electron chi connectivity index (χ0n) is 15.5. The van der Waals surface area contributed by atoms with Crippen molar-refractivity contribution in [2.75, 3.05) is 13.4 Å². The topological polar surface area (TPSA) is 78.9 Å². The van der Waals surface area contributed by atoms with Crippen LogP contribution in [-0.4, -0.2) is 46.1 Å². The van der Waals surface area contributed by atoms with Gasteiger partial charge in [0, 0.05) is 12.1 Å². The minimum atomic E-state index is -3.28. The van der Waals surface area contributed by atoms with Crippen molar-refractivity contribution in [1.82, 2.24) is 0 Å². The molecule has 0 N–H and O–H groups in total. The van der Waals surface area contributed by atoms with E-state index in [4.69, 9.17) is 14.0 Å². The Labute approximate surface area is 149 Å². The van der Waals surface area contributed by atoms with Gasteiger partial charge in [0.2, 0.25) is 0 Å². The molecule has 6 nitrogen and oxygen atoms in total. The van der Waals surface area contributed by atoms with Crippen molar-refractivity contribution in [3.63, 3.8) is 0 Å². The van der Waals surface area contributed by atoms with Crippen molar-refractivity contribution in [3.05, 3.63) is 29.8 Å². The molecule has 1 aliphatic heterocycles. The molecule has 2 rings (SSSR count). The third-order valence-corrected chi connectivity index (χ3v) is 6.08. The van der Waals surface area contributed by atoms with E-state index in [-0.39, 0.29) is 17.3 Å². The number of benzene rings is 1. The molecule has 1 heterocycles. The molecule has 0 amide bonds. The summed E-state index contributed by atoms with van der Waals surface area (Å²) in [7, 11) is -2.58. The molecule has 0 radical (unpaired) electrons. The fourth-order valence-corrected chi connectivity index (χ4v) is 3.28. The summed E-state index contributed by atoms with van der Waals surface area (Å²) in [6.45, 7) is 7.76. The molecule has 1 saturated heterocycles. The van der Waals surface area contributed by atoms with Crippen LogP contribution in [0.4, 0.5) is 0 Å². The second-order valence-corrected chi connectivity index (χ2v) is 9.37. The van der Waals surface area contributed by atoms with Gasteiger partial charge in [0.15, 0.2) is 9.84 Å². The van der Waals surface area contributed by atoms with E-state index in [9.17, 15) is 13.2 Å². The zero-order valence-corrected chi connectivity index (χ0v) is 16.3. The summed E-state index contributed by atoms with van der Waals surface area (Å²) in [5, 5.41) is 0. The SMILES string of the molecule is COC(=O)CC(B1OC(C)(C)C(C)(C)O1)c1ccc(S(C)(=O)=O)cc1. The van der Waals surface area contributed by atoms with Crippen molar-refractivity contribution < 1.29 is 27.3 Å². The van der Waals surface area contributed by atoms with Crippen LogP contribution < -0.4 is 0 Å². The lowest BCUT2D eigenvalue weighted by molar-refractivity contribution is -0.140. The van der Waals surface area contributed by atoms with Gasteiger partial charge < -0.3 is 14.0 Å². The molecule has 25 heavy (non-hydrogen) atoms. The van der Waals surface area contributed by atoms with E-state index in [2.05, 4.69) is 0 Å². The highest BCUT2D eigenvalue weighted by atomic mass is 32.2. The minimum Gasteiger partial charge on any atom is -0.469 e. The maximum atomic E-state index is 11.9. The summed E-state index contributed by atoms with van der Waals surface area (Å²) in [6.07, 6.45) is 1.23. The molecule has 138 valence electrons. The molecule has 0 bridgehead atoms. The average molecular weight is 368 g/mol. The Bertz CT molecular complexity index is 723. The molecule has 1 aliphatic rings. The van der Waals surface area contributed by atoms with Gasteiger partial charge in [-0.1, -0.05) is 12.1 Å². The van der Waals surface area contributed by atoms with Gasteiger partial charge in [0.1, 0.15) is 0 Å². The number of hydrogen-bond acceptors (Lipinski definition) is 6. The fraction of sp³-hybridized carbons (Fsp3) is 0.588. The van der Waals surface area contributed by atoms with Crippen molar-refractivity contribution in [2.24, 2.45) is 0 Å². The molecular weight excluding hydrogens is 343 g/mol. The van der Waals surface area contributed by atoms with Crippen LogP contribution in [0, 0.1) is 0 Å². The van der Waals surface area contributed by atoms with Crippen molar-refractivity contribution >= 4 is 22.9 Å². The maximum absolute atomic E-state index is 11.9. The molecule has 1 aromatic carbocycles. The Morgan fingerprint density at radius 3 is 2.00 bits per heavy atom. The Balaban J connectivity index is 2.36. The number of carbonyl (C=O) groups is 1. The minimum absolute atomic E-state index is 0.0749. The van der Waals surface area contributed by atoms with Gasteiger partial charge in [0.05, 0.1) is 29.6 Å². The molecule has 0 spiro atoms. The van der Waals surface area contributed by atoms with Crippen LogP contribution in [0.1, 0.15) is 45.5 Å². The first kappa shape index (κ1) is 19.9. The lowest BCUT2D eigenvalue weighted by atomic mass is 9.66. The fourth-order valence-electron chi connectivity index (χ4n) is 2.65. The lowest BCUT2D eigenvalue weighted by Crippen LogP contribution is -2.41. The van der Waals surface area contributed by atoms with Crippen LogP contribution in [-0.2, 0) is 28.7 Å². The normalized spacial score (nSPS) is 20.3. The highest BCUT2D eigenvalue weighted by Gasteiger charge is 2.54. The summed E-state index contributed by atoms with van der Waals surface area (Å²) in [5.41, 5.74) is -0.298. The van der Waals surface area contributed by atoms with E-state index in [0.717, 1.165) is 11.8 Å². The van der Waals surface area contributed by atoms with Gasteiger partial charge in [-0.2, -0.15) is 0 Å². The van der Waals surface area contributed by atoms with Crippen molar-refractivity contribution in [1.29, 1.82) is 0 Å². The second-order valence-electron chi connectivity index (χ2n) is 7.35. The van der Waals surface area contributed by atoms with E-state index in [0.29, 0.717) is 0 Å². The van der Waals surface area contributed by atoms with Crippen LogP contribution in [0.3, 0.4) is 0 Å². The molecule has 1 fully saturated rings. The Hall–Kier alpha value is -1.38. The van der Waals surface area contributed by atoms with Gasteiger partial charge in [-0.15, -0.1) is 0 Å². The van der Waals surface area contributed by atoms with Crippen LogP contribution in [0.25, 0.3) is 0 Å². The third-order valence-electron chi connectivity index (χ3n) is 4.95. The van der Waals surface area contributed by atoms with E-state index in [1.165, 1.54) is 19.2 Å². The van der Waals surface area contributed by atoms with Gasteiger partial charge in [-0.25, -0.2) is 8.42 Å². The quantitative estimate of drug-likeness (QED) is 0.587. The number of carbonyl (C=O) groups excluding carboxylic acids is 1. The second kappa shape index (κ2) is 6.74. The van der Waals surface area contributed by atoms with Crippen LogP contribution in [0.2, 0.25) is 0 Å². The molecular formula is C17H25BO6S. The van der Waals surface area contributed by atoms with Gasteiger partial charge in [-0.05, 0) is 45.4 Å². The highest BCUT2D eigenvalue weighted by molar-refractivity contribution is 7.90. The van der Waals surface area contributed by atoms with Crippen molar-refractivity contribution in [3.8, 4) is 0 Å². The number of esters is 1. The summed E-state index contributed by atoms with van der Waals surface area (Å²) in [5.74, 6) is -0.783.